The molecule has 2 aromatic heterocycles. The number of hydrogen-bond donors (Lipinski definition) is 1. The summed E-state index contributed by atoms with van der Waals surface area (Å²) in [6.07, 6.45) is 4.61. The van der Waals surface area contributed by atoms with Crippen LogP contribution in [0.5, 0.6) is 0 Å². The van der Waals surface area contributed by atoms with E-state index in [4.69, 9.17) is 0 Å². The summed E-state index contributed by atoms with van der Waals surface area (Å²) in [5, 5.41) is 9.26. The van der Waals surface area contributed by atoms with E-state index >= 15 is 0 Å². The Morgan fingerprint density at radius 3 is 2.90 bits per heavy atom. The van der Waals surface area contributed by atoms with Crippen molar-refractivity contribution in [2.24, 2.45) is 0 Å². The van der Waals surface area contributed by atoms with Gasteiger partial charge < -0.3 is 5.11 Å². The lowest BCUT2D eigenvalue weighted by molar-refractivity contribution is 0.0688. The minimum atomic E-state index is -1.15. The van der Waals surface area contributed by atoms with Gasteiger partial charge in [-0.05, 0) is 17.7 Å². The molecule has 0 amide bonds. The first kappa shape index (κ1) is 13.7. The van der Waals surface area contributed by atoms with Crippen LogP contribution in [0.1, 0.15) is 21.7 Å². The van der Waals surface area contributed by atoms with Crippen molar-refractivity contribution in [3.63, 3.8) is 0 Å². The van der Waals surface area contributed by atoms with Crippen LogP contribution in [0, 0.1) is 5.82 Å². The van der Waals surface area contributed by atoms with Crippen molar-refractivity contribution in [3.05, 3.63) is 64.2 Å². The molecular formula is C14H9BrFN3O2. The first-order valence-electron chi connectivity index (χ1n) is 6.03. The molecule has 0 fully saturated rings. The molecule has 0 atom stereocenters. The Morgan fingerprint density at radius 2 is 2.19 bits per heavy atom. The topological polar surface area (TPSA) is 67.5 Å². The van der Waals surface area contributed by atoms with Crippen LogP contribution in [0.15, 0.2) is 41.4 Å². The molecule has 0 aliphatic heterocycles. The Kier molecular flexibility index (Phi) is 3.42. The normalized spacial score (nSPS) is 11.0. The van der Waals surface area contributed by atoms with E-state index in [0.29, 0.717) is 21.2 Å². The second-order valence-corrected chi connectivity index (χ2v) is 5.38. The van der Waals surface area contributed by atoms with Crippen molar-refractivity contribution in [2.75, 3.05) is 0 Å². The molecule has 3 aromatic rings. The number of carboxylic acid groups (broad SMARTS) is 1. The molecule has 1 aromatic carbocycles. The lowest BCUT2D eigenvalue weighted by Crippen LogP contribution is -2.11. The van der Waals surface area contributed by atoms with Crippen LogP contribution in [0.25, 0.3) is 5.52 Å². The van der Waals surface area contributed by atoms with E-state index in [9.17, 15) is 14.3 Å². The Labute approximate surface area is 127 Å². The molecular weight excluding hydrogens is 341 g/mol. The minimum absolute atomic E-state index is 0.109. The van der Waals surface area contributed by atoms with Gasteiger partial charge in [0.2, 0.25) is 0 Å². The van der Waals surface area contributed by atoms with E-state index in [1.807, 2.05) is 0 Å². The molecule has 7 heteroatoms. The molecule has 106 valence electrons. The molecule has 2 heterocycles. The fourth-order valence-electron chi connectivity index (χ4n) is 2.14. The largest absolute Gasteiger partial charge is 0.476 e. The van der Waals surface area contributed by atoms with Crippen molar-refractivity contribution < 1.29 is 14.3 Å². The molecule has 21 heavy (non-hydrogen) atoms. The molecule has 0 spiro atoms. The number of carbonyl (C=O) groups is 1. The monoisotopic (exact) mass is 349 g/mol. The SMILES string of the molecule is O=C(O)c1ncc2cncn2c1Cc1ccc(Br)cc1F. The summed E-state index contributed by atoms with van der Waals surface area (Å²) < 4.78 is 16.2. The highest BCUT2D eigenvalue weighted by atomic mass is 79.9. The summed E-state index contributed by atoms with van der Waals surface area (Å²) in [7, 11) is 0. The van der Waals surface area contributed by atoms with Crippen molar-refractivity contribution in [3.8, 4) is 0 Å². The molecule has 3 rings (SSSR count). The number of nitrogens with zero attached hydrogens (tertiary/aromatic N) is 3. The average Bonchev–Trinajstić information content (AvgIpc) is 2.90. The summed E-state index contributed by atoms with van der Waals surface area (Å²) in [6.45, 7) is 0. The van der Waals surface area contributed by atoms with E-state index < -0.39 is 11.8 Å². The number of hydrogen-bond acceptors (Lipinski definition) is 3. The van der Waals surface area contributed by atoms with Gasteiger partial charge in [0.05, 0.1) is 29.9 Å². The second-order valence-electron chi connectivity index (χ2n) is 4.46. The fraction of sp³-hybridized carbons (Fsp3) is 0.0714. The second kappa shape index (κ2) is 5.25. The van der Waals surface area contributed by atoms with E-state index in [2.05, 4.69) is 25.9 Å². The Balaban J connectivity index is 2.16. The summed E-state index contributed by atoms with van der Waals surface area (Å²) >= 11 is 3.19. The van der Waals surface area contributed by atoms with Gasteiger partial charge in [-0.2, -0.15) is 0 Å². The first-order valence-corrected chi connectivity index (χ1v) is 6.82. The highest BCUT2D eigenvalue weighted by Crippen LogP contribution is 2.20. The van der Waals surface area contributed by atoms with Gasteiger partial charge in [0.25, 0.3) is 0 Å². The number of imidazole rings is 1. The van der Waals surface area contributed by atoms with Crippen molar-refractivity contribution in [1.29, 1.82) is 0 Å². The van der Waals surface area contributed by atoms with Crippen LogP contribution < -0.4 is 0 Å². The molecule has 0 radical (unpaired) electrons. The molecule has 0 unspecified atom stereocenters. The number of halogens is 2. The number of aromatic nitrogens is 3. The van der Waals surface area contributed by atoms with Gasteiger partial charge in [-0.25, -0.2) is 19.2 Å². The first-order chi connectivity index (χ1) is 10.1. The third kappa shape index (κ3) is 2.52. The summed E-state index contributed by atoms with van der Waals surface area (Å²) in [5.74, 6) is -1.56. The fourth-order valence-corrected chi connectivity index (χ4v) is 2.47. The van der Waals surface area contributed by atoms with E-state index in [-0.39, 0.29) is 12.1 Å². The third-order valence-corrected chi connectivity index (χ3v) is 3.63. The smallest absolute Gasteiger partial charge is 0.356 e. The zero-order valence-corrected chi connectivity index (χ0v) is 12.2. The maximum Gasteiger partial charge on any atom is 0.356 e. The quantitative estimate of drug-likeness (QED) is 0.789. The molecule has 0 saturated heterocycles. The van der Waals surface area contributed by atoms with Gasteiger partial charge in [-0.1, -0.05) is 22.0 Å². The number of fused-ring (bicyclic) bond motifs is 1. The number of benzene rings is 1. The summed E-state index contributed by atoms with van der Waals surface area (Å²) in [4.78, 5) is 19.2. The van der Waals surface area contributed by atoms with Crippen molar-refractivity contribution >= 4 is 27.4 Å². The summed E-state index contributed by atoms with van der Waals surface area (Å²) in [5.41, 5.74) is 1.33. The number of rotatable bonds is 3. The van der Waals surface area contributed by atoms with E-state index in [0.717, 1.165) is 0 Å². The highest BCUT2D eigenvalue weighted by Gasteiger charge is 2.17. The predicted octanol–water partition coefficient (Wildman–Crippen LogP) is 2.92. The lowest BCUT2D eigenvalue weighted by Gasteiger charge is -2.10. The lowest BCUT2D eigenvalue weighted by atomic mass is 10.1. The van der Waals surface area contributed by atoms with Crippen LogP contribution in [0.3, 0.4) is 0 Å². The van der Waals surface area contributed by atoms with Gasteiger partial charge in [0, 0.05) is 10.9 Å². The predicted molar refractivity (Wildman–Crippen MR) is 76.9 cm³/mol. The maximum atomic E-state index is 14.0. The third-order valence-electron chi connectivity index (χ3n) is 3.13. The average molecular weight is 350 g/mol. The Morgan fingerprint density at radius 1 is 1.38 bits per heavy atom. The molecule has 0 aliphatic carbocycles. The molecule has 1 N–H and O–H groups in total. The Bertz CT molecular complexity index is 847. The van der Waals surface area contributed by atoms with Gasteiger partial charge in [0.1, 0.15) is 5.82 Å². The van der Waals surface area contributed by atoms with Crippen LogP contribution in [-0.4, -0.2) is 25.4 Å². The Hall–Kier alpha value is -2.28. The van der Waals surface area contributed by atoms with Crippen LogP contribution in [0.2, 0.25) is 0 Å². The van der Waals surface area contributed by atoms with Gasteiger partial charge in [-0.15, -0.1) is 0 Å². The van der Waals surface area contributed by atoms with Crippen molar-refractivity contribution in [2.45, 2.75) is 6.42 Å². The van der Waals surface area contributed by atoms with Gasteiger partial charge in [0.15, 0.2) is 5.69 Å². The standard InChI is InChI=1S/C14H9BrFN3O2/c15-9-2-1-8(11(16)4-9)3-12-13(14(20)21)18-6-10-5-17-7-19(10)12/h1-2,4-7H,3H2,(H,20,21). The van der Waals surface area contributed by atoms with Crippen LogP contribution in [-0.2, 0) is 6.42 Å². The highest BCUT2D eigenvalue weighted by molar-refractivity contribution is 9.10. The zero-order valence-electron chi connectivity index (χ0n) is 10.6. The molecule has 0 aliphatic rings. The van der Waals surface area contributed by atoms with Gasteiger partial charge in [-0.3, -0.25) is 4.40 Å². The van der Waals surface area contributed by atoms with Gasteiger partial charge >= 0.3 is 5.97 Å². The number of aromatic carboxylic acids is 1. The maximum absolute atomic E-state index is 14.0. The van der Waals surface area contributed by atoms with Crippen LogP contribution >= 0.6 is 15.9 Å². The summed E-state index contributed by atoms with van der Waals surface area (Å²) in [6, 6.07) is 4.67. The molecule has 0 bridgehead atoms. The molecule has 5 nitrogen and oxygen atoms in total. The van der Waals surface area contributed by atoms with Crippen LogP contribution in [0.4, 0.5) is 4.39 Å². The van der Waals surface area contributed by atoms with E-state index in [1.165, 1.54) is 18.6 Å². The number of carboxylic acids is 1. The zero-order chi connectivity index (χ0) is 15.0. The minimum Gasteiger partial charge on any atom is -0.476 e. The van der Waals surface area contributed by atoms with E-state index in [1.54, 1.807) is 22.7 Å². The van der Waals surface area contributed by atoms with Crippen molar-refractivity contribution in [1.82, 2.24) is 14.4 Å². The molecule has 0 saturated carbocycles.